The van der Waals surface area contributed by atoms with Crippen LogP contribution in [0, 0.1) is 5.82 Å². The number of piperazine rings is 1. The van der Waals surface area contributed by atoms with Gasteiger partial charge in [-0.3, -0.25) is 4.90 Å². The van der Waals surface area contributed by atoms with E-state index in [1.807, 2.05) is 12.1 Å². The predicted octanol–water partition coefficient (Wildman–Crippen LogP) is 1.82. The lowest BCUT2D eigenvalue weighted by molar-refractivity contribution is 0.255. The molecule has 0 radical (unpaired) electrons. The highest BCUT2D eigenvalue weighted by atomic mass is 32.2. The normalized spacial score (nSPS) is 17.6. The van der Waals surface area contributed by atoms with Crippen LogP contribution >= 0.6 is 11.8 Å². The SMILES string of the molecule is Fc1ccccc1SCCN1CCNCC1. The lowest BCUT2D eigenvalue weighted by Crippen LogP contribution is -2.44. The molecule has 1 heterocycles. The second kappa shape index (κ2) is 6.23. The Hall–Kier alpha value is -0.580. The van der Waals surface area contributed by atoms with Crippen LogP contribution in [0.4, 0.5) is 4.39 Å². The molecule has 0 aliphatic carbocycles. The Balaban J connectivity index is 1.73. The lowest BCUT2D eigenvalue weighted by Gasteiger charge is -2.26. The van der Waals surface area contributed by atoms with Crippen molar-refractivity contribution in [1.29, 1.82) is 0 Å². The maximum Gasteiger partial charge on any atom is 0.136 e. The molecule has 1 N–H and O–H groups in total. The molecule has 0 spiro atoms. The smallest absolute Gasteiger partial charge is 0.136 e. The van der Waals surface area contributed by atoms with E-state index in [0.717, 1.165) is 43.4 Å². The van der Waals surface area contributed by atoms with Gasteiger partial charge in [0.05, 0.1) is 0 Å². The summed E-state index contributed by atoms with van der Waals surface area (Å²) in [4.78, 5) is 3.18. The van der Waals surface area contributed by atoms with Crippen molar-refractivity contribution in [2.24, 2.45) is 0 Å². The first-order chi connectivity index (χ1) is 7.86. The Morgan fingerprint density at radius 1 is 1.25 bits per heavy atom. The molecule has 2 rings (SSSR count). The molecule has 2 nitrogen and oxygen atoms in total. The van der Waals surface area contributed by atoms with E-state index in [0.29, 0.717) is 0 Å². The van der Waals surface area contributed by atoms with E-state index in [2.05, 4.69) is 10.2 Å². The predicted molar refractivity (Wildman–Crippen MR) is 66.4 cm³/mol. The van der Waals surface area contributed by atoms with Crippen molar-refractivity contribution in [3.63, 3.8) is 0 Å². The molecule has 0 amide bonds. The van der Waals surface area contributed by atoms with E-state index in [9.17, 15) is 4.39 Å². The lowest BCUT2D eigenvalue weighted by atomic mass is 10.3. The summed E-state index contributed by atoms with van der Waals surface area (Å²) >= 11 is 1.60. The van der Waals surface area contributed by atoms with Crippen LogP contribution in [0.15, 0.2) is 29.2 Å². The van der Waals surface area contributed by atoms with E-state index >= 15 is 0 Å². The number of rotatable bonds is 4. The minimum Gasteiger partial charge on any atom is -0.314 e. The Morgan fingerprint density at radius 2 is 2.00 bits per heavy atom. The van der Waals surface area contributed by atoms with Gasteiger partial charge in [0, 0.05) is 43.4 Å². The van der Waals surface area contributed by atoms with E-state index < -0.39 is 0 Å². The second-order valence-corrected chi connectivity index (χ2v) is 5.01. The maximum atomic E-state index is 13.3. The first-order valence-electron chi connectivity index (χ1n) is 5.66. The largest absolute Gasteiger partial charge is 0.314 e. The Labute approximate surface area is 100 Å². The average Bonchev–Trinajstić information content (AvgIpc) is 2.33. The summed E-state index contributed by atoms with van der Waals surface area (Å²) in [6.07, 6.45) is 0. The molecule has 0 bridgehead atoms. The van der Waals surface area contributed by atoms with Crippen LogP contribution in [-0.2, 0) is 0 Å². The number of halogens is 1. The Bertz CT molecular complexity index is 327. The van der Waals surface area contributed by atoms with Gasteiger partial charge in [0.1, 0.15) is 5.82 Å². The molecule has 1 saturated heterocycles. The van der Waals surface area contributed by atoms with Crippen LogP contribution in [0.1, 0.15) is 0 Å². The van der Waals surface area contributed by atoms with Crippen LogP contribution in [-0.4, -0.2) is 43.4 Å². The molecule has 1 fully saturated rings. The molecule has 1 aliphatic rings. The highest BCUT2D eigenvalue weighted by Gasteiger charge is 2.09. The van der Waals surface area contributed by atoms with Gasteiger partial charge in [-0.1, -0.05) is 12.1 Å². The highest BCUT2D eigenvalue weighted by molar-refractivity contribution is 7.99. The van der Waals surface area contributed by atoms with Gasteiger partial charge in [0.25, 0.3) is 0 Å². The molecule has 0 saturated carbocycles. The zero-order valence-electron chi connectivity index (χ0n) is 9.29. The zero-order valence-corrected chi connectivity index (χ0v) is 10.1. The highest BCUT2D eigenvalue weighted by Crippen LogP contribution is 2.20. The first-order valence-corrected chi connectivity index (χ1v) is 6.65. The molecule has 0 atom stereocenters. The van der Waals surface area contributed by atoms with Crippen molar-refractivity contribution in [2.45, 2.75) is 4.90 Å². The first kappa shape index (κ1) is 11.9. The van der Waals surface area contributed by atoms with Gasteiger partial charge < -0.3 is 5.32 Å². The number of hydrogen-bond acceptors (Lipinski definition) is 3. The summed E-state index contributed by atoms with van der Waals surface area (Å²) in [6.45, 7) is 5.41. The minimum absolute atomic E-state index is 0.104. The van der Waals surface area contributed by atoms with Crippen LogP contribution in [0.5, 0.6) is 0 Å². The molecule has 0 aromatic heterocycles. The van der Waals surface area contributed by atoms with Gasteiger partial charge in [-0.2, -0.15) is 0 Å². The van der Waals surface area contributed by atoms with Crippen LogP contribution in [0.25, 0.3) is 0 Å². The fourth-order valence-electron chi connectivity index (χ4n) is 1.78. The summed E-state index contributed by atoms with van der Waals surface area (Å²) < 4.78 is 13.3. The summed E-state index contributed by atoms with van der Waals surface area (Å²) in [7, 11) is 0. The van der Waals surface area contributed by atoms with Crippen molar-refractivity contribution >= 4 is 11.8 Å². The molecular formula is C12H17FN2S. The van der Waals surface area contributed by atoms with E-state index in [4.69, 9.17) is 0 Å². The number of nitrogens with zero attached hydrogens (tertiary/aromatic N) is 1. The van der Waals surface area contributed by atoms with E-state index in [1.54, 1.807) is 17.8 Å². The molecule has 4 heteroatoms. The van der Waals surface area contributed by atoms with Gasteiger partial charge in [0.15, 0.2) is 0 Å². The average molecular weight is 240 g/mol. The molecule has 0 unspecified atom stereocenters. The number of thioether (sulfide) groups is 1. The number of hydrogen-bond donors (Lipinski definition) is 1. The zero-order chi connectivity index (χ0) is 11.2. The fraction of sp³-hybridized carbons (Fsp3) is 0.500. The third-order valence-corrected chi connectivity index (χ3v) is 3.74. The molecule has 1 aliphatic heterocycles. The van der Waals surface area contributed by atoms with Crippen molar-refractivity contribution in [1.82, 2.24) is 10.2 Å². The molecule has 1 aromatic rings. The molecular weight excluding hydrogens is 223 g/mol. The van der Waals surface area contributed by atoms with E-state index in [1.165, 1.54) is 6.07 Å². The standard InChI is InChI=1S/C12H17FN2S/c13-11-3-1-2-4-12(11)16-10-9-15-7-5-14-6-8-15/h1-4,14H,5-10H2. The van der Waals surface area contributed by atoms with Gasteiger partial charge in [-0.15, -0.1) is 11.8 Å². The van der Waals surface area contributed by atoms with Crippen LogP contribution in [0.3, 0.4) is 0 Å². The Kier molecular flexibility index (Phi) is 4.63. The monoisotopic (exact) mass is 240 g/mol. The summed E-state index contributed by atoms with van der Waals surface area (Å²) in [5, 5.41) is 3.32. The van der Waals surface area contributed by atoms with Gasteiger partial charge in [0.2, 0.25) is 0 Å². The summed E-state index contributed by atoms with van der Waals surface area (Å²) in [5.41, 5.74) is 0. The van der Waals surface area contributed by atoms with Gasteiger partial charge in [-0.05, 0) is 12.1 Å². The molecule has 16 heavy (non-hydrogen) atoms. The van der Waals surface area contributed by atoms with Crippen molar-refractivity contribution in [3.8, 4) is 0 Å². The molecule has 1 aromatic carbocycles. The maximum absolute atomic E-state index is 13.3. The fourth-order valence-corrected chi connectivity index (χ4v) is 2.73. The van der Waals surface area contributed by atoms with Gasteiger partial charge in [-0.25, -0.2) is 4.39 Å². The Morgan fingerprint density at radius 3 is 2.75 bits per heavy atom. The van der Waals surface area contributed by atoms with Crippen LogP contribution < -0.4 is 5.32 Å². The van der Waals surface area contributed by atoms with Crippen molar-refractivity contribution < 1.29 is 4.39 Å². The quantitative estimate of drug-likeness (QED) is 0.808. The third kappa shape index (κ3) is 3.47. The topological polar surface area (TPSA) is 15.3 Å². The van der Waals surface area contributed by atoms with Crippen LogP contribution in [0.2, 0.25) is 0 Å². The summed E-state index contributed by atoms with van der Waals surface area (Å²) in [5.74, 6) is 0.855. The number of nitrogens with one attached hydrogen (secondary N) is 1. The van der Waals surface area contributed by atoms with Gasteiger partial charge >= 0.3 is 0 Å². The summed E-state index contributed by atoms with van der Waals surface area (Å²) in [6, 6.07) is 6.98. The third-order valence-electron chi connectivity index (χ3n) is 2.71. The minimum atomic E-state index is -0.104. The van der Waals surface area contributed by atoms with E-state index in [-0.39, 0.29) is 5.82 Å². The number of benzene rings is 1. The second-order valence-electron chi connectivity index (χ2n) is 3.87. The van der Waals surface area contributed by atoms with Crippen molar-refractivity contribution in [3.05, 3.63) is 30.1 Å². The molecule has 88 valence electrons. The van der Waals surface area contributed by atoms with Crippen molar-refractivity contribution in [2.75, 3.05) is 38.5 Å².